The zero-order chi connectivity index (χ0) is 63.0. The first-order valence-corrected chi connectivity index (χ1v) is 37.9. The van der Waals surface area contributed by atoms with Crippen LogP contribution in [-0.2, 0) is 32.7 Å². The van der Waals surface area contributed by atoms with Crippen LogP contribution in [0.3, 0.4) is 0 Å². The van der Waals surface area contributed by atoms with Gasteiger partial charge in [0, 0.05) is 19.4 Å². The average Bonchev–Trinajstić information content (AvgIpc) is 3.64. The summed E-state index contributed by atoms with van der Waals surface area (Å²) in [5, 5.41) is 0. The molecule has 0 aliphatic heterocycles. The molecule has 2 atom stereocenters. The van der Waals surface area contributed by atoms with Crippen molar-refractivity contribution < 1.29 is 37.6 Å². The van der Waals surface area contributed by atoms with E-state index in [4.69, 9.17) is 24.3 Å². The molecule has 0 aliphatic rings. The lowest BCUT2D eigenvalue weighted by Gasteiger charge is -2.19. The van der Waals surface area contributed by atoms with Gasteiger partial charge in [-0.05, 0) is 103 Å². The lowest BCUT2D eigenvalue weighted by Crippen LogP contribution is -2.29. The quantitative estimate of drug-likeness (QED) is 0.0264. The Bertz CT molecular complexity index is 1800. The third-order valence-corrected chi connectivity index (χ3v) is 16.6. The molecule has 9 nitrogen and oxygen atoms in total. The van der Waals surface area contributed by atoms with E-state index in [0.29, 0.717) is 6.42 Å². The molecular weight excluding hydrogens is 1100 g/mol. The number of allylic oxidation sites excluding steroid dienone is 18. The predicted molar refractivity (Wildman–Crippen MR) is 376 cm³/mol. The van der Waals surface area contributed by atoms with Crippen molar-refractivity contribution in [3.8, 4) is 0 Å². The molecule has 0 bridgehead atoms. The zero-order valence-electron chi connectivity index (χ0n) is 56.5. The number of unbranched alkanes of at least 4 members (excludes halogenated alkanes) is 37. The van der Waals surface area contributed by atoms with Crippen LogP contribution in [0.25, 0.3) is 0 Å². The monoisotopic (exact) mass is 1230 g/mol. The van der Waals surface area contributed by atoms with Crippen molar-refractivity contribution in [1.29, 1.82) is 0 Å². The first-order valence-electron chi connectivity index (χ1n) is 36.4. The van der Waals surface area contributed by atoms with E-state index in [1.54, 1.807) is 0 Å². The van der Waals surface area contributed by atoms with Crippen molar-refractivity contribution in [1.82, 2.24) is 0 Å². The van der Waals surface area contributed by atoms with E-state index in [0.717, 1.165) is 96.3 Å². The summed E-state index contributed by atoms with van der Waals surface area (Å²) in [5.74, 6) is -0.824. The largest absolute Gasteiger partial charge is 0.472 e. The summed E-state index contributed by atoms with van der Waals surface area (Å²) in [6.45, 7) is 3.66. The molecule has 0 aromatic heterocycles. The molecule has 87 heavy (non-hydrogen) atoms. The van der Waals surface area contributed by atoms with Gasteiger partial charge >= 0.3 is 19.8 Å². The molecule has 0 aromatic carbocycles. The van der Waals surface area contributed by atoms with Gasteiger partial charge in [-0.2, -0.15) is 0 Å². The average molecular weight is 1230 g/mol. The van der Waals surface area contributed by atoms with Gasteiger partial charge in [-0.25, -0.2) is 4.57 Å². The maximum atomic E-state index is 12.8. The van der Waals surface area contributed by atoms with Crippen molar-refractivity contribution in [2.45, 2.75) is 341 Å². The molecule has 10 heteroatoms. The van der Waals surface area contributed by atoms with E-state index in [2.05, 4.69) is 123 Å². The van der Waals surface area contributed by atoms with Gasteiger partial charge in [-0.3, -0.25) is 18.6 Å². The minimum absolute atomic E-state index is 0.0496. The Balaban J connectivity index is 3.89. The maximum absolute atomic E-state index is 12.8. The van der Waals surface area contributed by atoms with Gasteiger partial charge in [0.1, 0.15) is 6.61 Å². The standard InChI is InChI=1S/C77H136NO8P/c1-3-5-7-9-11-13-15-17-19-21-23-25-27-29-31-33-35-36-37-38-40-42-44-46-48-50-52-54-56-58-60-62-64-66-68-70-77(80)86-75(74-85-87(81,82)84-72-71-78)73-83-76(79)69-67-65-63-61-59-57-55-53-51-49-47-45-43-41-39-34-32-30-28-26-24-22-20-18-16-14-12-10-8-6-4-2/h5,7,11,13,17,19,22-25,29,31,35-36,38,40,44,46,75H,3-4,6,8-10,12,14-16,18,20-21,26-28,30,32-34,37,39,41-43,45,47-74,78H2,1-2H3,(H,81,82)/b7-5-,13-11-,19-17-,24-22-,25-23-,31-29-,36-35-,40-38-,46-44-. The second-order valence-corrected chi connectivity index (χ2v) is 25.5. The zero-order valence-corrected chi connectivity index (χ0v) is 57.4. The summed E-state index contributed by atoms with van der Waals surface area (Å²) < 4.78 is 33.2. The molecule has 0 radical (unpaired) electrons. The van der Waals surface area contributed by atoms with Crippen LogP contribution >= 0.6 is 7.82 Å². The third-order valence-electron chi connectivity index (χ3n) is 15.6. The summed E-state index contributed by atoms with van der Waals surface area (Å²) in [5.41, 5.74) is 5.41. The number of carbonyl (C=O) groups excluding carboxylic acids is 2. The maximum Gasteiger partial charge on any atom is 0.472 e. The molecule has 0 amide bonds. The fourth-order valence-electron chi connectivity index (χ4n) is 10.3. The molecule has 0 spiro atoms. The normalized spacial score (nSPS) is 13.6. The molecule has 0 saturated carbocycles. The Morgan fingerprint density at radius 1 is 0.356 bits per heavy atom. The van der Waals surface area contributed by atoms with Crippen LogP contribution in [0.1, 0.15) is 335 Å². The first-order chi connectivity index (χ1) is 42.8. The number of rotatable bonds is 68. The summed E-state index contributed by atoms with van der Waals surface area (Å²) in [6, 6.07) is 0. The van der Waals surface area contributed by atoms with E-state index < -0.39 is 26.5 Å². The van der Waals surface area contributed by atoms with Crippen molar-refractivity contribution in [2.24, 2.45) is 5.73 Å². The van der Waals surface area contributed by atoms with E-state index in [1.807, 2.05) is 0 Å². The molecule has 502 valence electrons. The van der Waals surface area contributed by atoms with Gasteiger partial charge in [0.2, 0.25) is 0 Å². The second kappa shape index (κ2) is 71.7. The number of hydrogen-bond acceptors (Lipinski definition) is 8. The number of hydrogen-bond donors (Lipinski definition) is 2. The number of nitrogens with two attached hydrogens (primary N) is 1. The summed E-state index contributed by atoms with van der Waals surface area (Å²) in [7, 11) is -4.40. The minimum atomic E-state index is -4.40. The number of carbonyl (C=O) groups is 2. The number of phosphoric acid groups is 1. The van der Waals surface area contributed by atoms with E-state index in [9.17, 15) is 19.0 Å². The van der Waals surface area contributed by atoms with Gasteiger partial charge in [-0.15, -0.1) is 0 Å². The van der Waals surface area contributed by atoms with Crippen molar-refractivity contribution in [2.75, 3.05) is 26.4 Å². The summed E-state index contributed by atoms with van der Waals surface area (Å²) in [6.07, 6.45) is 99.0. The topological polar surface area (TPSA) is 134 Å². The van der Waals surface area contributed by atoms with Gasteiger partial charge < -0.3 is 20.1 Å². The van der Waals surface area contributed by atoms with Crippen LogP contribution in [0.5, 0.6) is 0 Å². The lowest BCUT2D eigenvalue weighted by atomic mass is 10.0. The summed E-state index contributed by atoms with van der Waals surface area (Å²) >= 11 is 0. The van der Waals surface area contributed by atoms with Gasteiger partial charge in [-0.1, -0.05) is 329 Å². The highest BCUT2D eigenvalue weighted by Crippen LogP contribution is 2.43. The Morgan fingerprint density at radius 3 is 0.954 bits per heavy atom. The van der Waals surface area contributed by atoms with Crippen molar-refractivity contribution >= 4 is 19.8 Å². The van der Waals surface area contributed by atoms with E-state index in [1.165, 1.54) is 205 Å². The Hall–Kier alpha value is -3.33. The van der Waals surface area contributed by atoms with Crippen LogP contribution < -0.4 is 5.73 Å². The highest BCUT2D eigenvalue weighted by Gasteiger charge is 2.26. The van der Waals surface area contributed by atoms with E-state index in [-0.39, 0.29) is 38.6 Å². The van der Waals surface area contributed by atoms with Gasteiger partial charge in [0.25, 0.3) is 0 Å². The van der Waals surface area contributed by atoms with Crippen molar-refractivity contribution in [3.63, 3.8) is 0 Å². The molecule has 3 N–H and O–H groups in total. The molecule has 0 aromatic rings. The SMILES string of the molecule is CC/C=C\C/C=C\C/C=C\C/C=C\C/C=C\C/C=C\C/C=C\C/C=C\CCCCCCCCCCCCC(=O)OC(COC(=O)CCCCCCCCCCCCCCCCCCCCC/C=C\CCCCCCCCCC)COP(=O)(O)OCCN. The lowest BCUT2D eigenvalue weighted by molar-refractivity contribution is -0.161. The molecule has 0 saturated heterocycles. The molecular formula is C77H136NO8P. The van der Waals surface area contributed by atoms with Gasteiger partial charge in [0.15, 0.2) is 6.10 Å². The van der Waals surface area contributed by atoms with Crippen LogP contribution in [-0.4, -0.2) is 49.3 Å². The van der Waals surface area contributed by atoms with Gasteiger partial charge in [0.05, 0.1) is 13.2 Å². The number of phosphoric ester groups is 1. The first kappa shape index (κ1) is 83.7. The smallest absolute Gasteiger partial charge is 0.462 e. The Morgan fingerprint density at radius 2 is 0.632 bits per heavy atom. The summed E-state index contributed by atoms with van der Waals surface area (Å²) in [4.78, 5) is 35.4. The molecule has 2 unspecified atom stereocenters. The van der Waals surface area contributed by atoms with Crippen LogP contribution in [0.15, 0.2) is 109 Å². The highest BCUT2D eigenvalue weighted by molar-refractivity contribution is 7.47. The number of esters is 2. The molecule has 0 rings (SSSR count). The fourth-order valence-corrected chi connectivity index (χ4v) is 11.1. The second-order valence-electron chi connectivity index (χ2n) is 24.1. The molecule has 0 aliphatic carbocycles. The molecule has 0 fully saturated rings. The highest BCUT2D eigenvalue weighted by atomic mass is 31.2. The van der Waals surface area contributed by atoms with Crippen LogP contribution in [0, 0.1) is 0 Å². The predicted octanol–water partition coefficient (Wildman–Crippen LogP) is 24.1. The third kappa shape index (κ3) is 71.6. The minimum Gasteiger partial charge on any atom is -0.462 e. The van der Waals surface area contributed by atoms with E-state index >= 15 is 0 Å². The molecule has 0 heterocycles. The van der Waals surface area contributed by atoms with Crippen LogP contribution in [0.4, 0.5) is 0 Å². The fraction of sp³-hybridized carbons (Fsp3) is 0.740. The Labute approximate surface area is 537 Å². The Kier molecular flexibility index (Phi) is 69.0. The van der Waals surface area contributed by atoms with Crippen LogP contribution in [0.2, 0.25) is 0 Å². The van der Waals surface area contributed by atoms with Crippen molar-refractivity contribution in [3.05, 3.63) is 109 Å². The number of ether oxygens (including phenoxy) is 2.